The summed E-state index contributed by atoms with van der Waals surface area (Å²) in [6, 6.07) is 6.46. The lowest BCUT2D eigenvalue weighted by Gasteiger charge is -2.33. The van der Waals surface area contributed by atoms with Crippen molar-refractivity contribution >= 4 is 11.6 Å². The molecule has 1 saturated heterocycles. The zero-order valence-electron chi connectivity index (χ0n) is 13.4. The van der Waals surface area contributed by atoms with Crippen molar-refractivity contribution in [2.24, 2.45) is 5.92 Å². The van der Waals surface area contributed by atoms with Crippen LogP contribution in [-0.4, -0.2) is 18.2 Å². The van der Waals surface area contributed by atoms with E-state index in [1.165, 1.54) is 5.56 Å². The Hall–Kier alpha value is -0.570. The summed E-state index contributed by atoms with van der Waals surface area (Å²) in [7, 11) is 2.00. The van der Waals surface area contributed by atoms with Crippen molar-refractivity contribution in [1.82, 2.24) is 5.32 Å². The second-order valence-electron chi connectivity index (χ2n) is 7.02. The van der Waals surface area contributed by atoms with Crippen molar-refractivity contribution in [3.8, 4) is 0 Å². The summed E-state index contributed by atoms with van der Waals surface area (Å²) in [5.41, 5.74) is 2.05. The topological polar surface area (TPSA) is 21.3 Å². The minimum atomic E-state index is -0.162. The molecule has 1 aromatic rings. The van der Waals surface area contributed by atoms with Gasteiger partial charge in [-0.3, -0.25) is 0 Å². The average Bonchev–Trinajstić information content (AvgIpc) is 2.54. The minimum absolute atomic E-state index is 0.0838. The summed E-state index contributed by atoms with van der Waals surface area (Å²) in [5, 5.41) is 4.33. The van der Waals surface area contributed by atoms with Gasteiger partial charge in [-0.1, -0.05) is 29.8 Å². The third kappa shape index (κ3) is 2.88. The average molecular weight is 296 g/mol. The molecule has 112 valence electrons. The molecule has 3 heteroatoms. The van der Waals surface area contributed by atoms with Crippen LogP contribution in [0.4, 0.5) is 0 Å². The third-order valence-corrected chi connectivity index (χ3v) is 4.93. The first-order valence-corrected chi connectivity index (χ1v) is 7.68. The van der Waals surface area contributed by atoms with Gasteiger partial charge < -0.3 is 10.1 Å². The van der Waals surface area contributed by atoms with E-state index >= 15 is 0 Å². The summed E-state index contributed by atoms with van der Waals surface area (Å²) < 4.78 is 6.24. The van der Waals surface area contributed by atoms with Crippen molar-refractivity contribution in [2.45, 2.75) is 58.3 Å². The van der Waals surface area contributed by atoms with E-state index in [0.29, 0.717) is 5.92 Å². The fourth-order valence-electron chi connectivity index (χ4n) is 3.61. The summed E-state index contributed by atoms with van der Waals surface area (Å²) >= 11 is 6.53. The SMILES string of the molecule is CNC(c1cccc(C)c1Cl)C1CC(C)(C)OC1(C)C. The normalized spacial score (nSPS) is 25.6. The molecule has 0 radical (unpaired) electrons. The quantitative estimate of drug-likeness (QED) is 0.886. The van der Waals surface area contributed by atoms with Crippen molar-refractivity contribution in [2.75, 3.05) is 7.05 Å². The van der Waals surface area contributed by atoms with E-state index in [9.17, 15) is 0 Å². The Labute approximate surface area is 127 Å². The Morgan fingerprint density at radius 3 is 2.45 bits per heavy atom. The van der Waals surface area contributed by atoms with Crippen LogP contribution in [0.25, 0.3) is 0 Å². The smallest absolute Gasteiger partial charge is 0.0681 e. The van der Waals surface area contributed by atoms with Crippen LogP contribution in [-0.2, 0) is 4.74 Å². The van der Waals surface area contributed by atoms with Gasteiger partial charge in [0.05, 0.1) is 11.2 Å². The maximum Gasteiger partial charge on any atom is 0.0681 e. The summed E-state index contributed by atoms with van der Waals surface area (Å²) in [5.74, 6) is 0.391. The molecule has 2 unspecified atom stereocenters. The van der Waals surface area contributed by atoms with E-state index in [1.54, 1.807) is 0 Å². The molecular weight excluding hydrogens is 270 g/mol. The highest BCUT2D eigenvalue weighted by molar-refractivity contribution is 6.32. The van der Waals surface area contributed by atoms with Crippen LogP contribution in [0.5, 0.6) is 0 Å². The molecule has 2 atom stereocenters. The molecule has 2 rings (SSSR count). The number of aryl methyl sites for hydroxylation is 1. The molecule has 0 spiro atoms. The van der Waals surface area contributed by atoms with Gasteiger partial charge in [0.2, 0.25) is 0 Å². The number of benzene rings is 1. The van der Waals surface area contributed by atoms with Gasteiger partial charge in [0, 0.05) is 17.0 Å². The Bertz CT molecular complexity index is 496. The Morgan fingerprint density at radius 2 is 1.95 bits per heavy atom. The molecule has 20 heavy (non-hydrogen) atoms. The molecule has 0 bridgehead atoms. The van der Waals surface area contributed by atoms with Gasteiger partial charge in [0.25, 0.3) is 0 Å². The standard InChI is InChI=1S/C17H26ClNO/c1-11-8-7-9-12(14(11)18)15(19-6)13-10-16(2,3)20-17(13,4)5/h7-9,13,15,19H,10H2,1-6H3. The van der Waals surface area contributed by atoms with Crippen LogP contribution in [0, 0.1) is 12.8 Å². The number of nitrogens with one attached hydrogen (secondary N) is 1. The molecule has 1 aromatic carbocycles. The highest BCUT2D eigenvalue weighted by Crippen LogP contribution is 2.48. The monoisotopic (exact) mass is 295 g/mol. The van der Waals surface area contributed by atoms with Crippen LogP contribution in [0.15, 0.2) is 18.2 Å². The lowest BCUT2D eigenvalue weighted by Crippen LogP contribution is -2.37. The van der Waals surface area contributed by atoms with Gasteiger partial charge in [-0.25, -0.2) is 0 Å². The van der Waals surface area contributed by atoms with E-state index in [-0.39, 0.29) is 17.2 Å². The number of halogens is 1. The molecule has 1 aliphatic rings. The Kier molecular flexibility index (Phi) is 4.21. The van der Waals surface area contributed by atoms with Gasteiger partial charge >= 0.3 is 0 Å². The van der Waals surface area contributed by atoms with E-state index in [2.05, 4.69) is 58.1 Å². The summed E-state index contributed by atoms with van der Waals surface area (Å²) in [6.07, 6.45) is 1.02. The van der Waals surface area contributed by atoms with Gasteiger partial charge in [0.1, 0.15) is 0 Å². The molecule has 1 heterocycles. The predicted molar refractivity (Wildman–Crippen MR) is 85.3 cm³/mol. The minimum Gasteiger partial charge on any atom is -0.369 e. The second-order valence-corrected chi connectivity index (χ2v) is 7.40. The van der Waals surface area contributed by atoms with Gasteiger partial charge in [0.15, 0.2) is 0 Å². The molecule has 0 aliphatic carbocycles. The first-order valence-electron chi connectivity index (χ1n) is 7.30. The maximum absolute atomic E-state index is 6.53. The van der Waals surface area contributed by atoms with Crippen molar-refractivity contribution in [3.63, 3.8) is 0 Å². The Morgan fingerprint density at radius 1 is 1.30 bits per heavy atom. The molecule has 2 nitrogen and oxygen atoms in total. The number of ether oxygens (including phenoxy) is 1. The van der Waals surface area contributed by atoms with Crippen LogP contribution >= 0.6 is 11.6 Å². The van der Waals surface area contributed by atoms with E-state index < -0.39 is 0 Å². The zero-order valence-corrected chi connectivity index (χ0v) is 14.1. The van der Waals surface area contributed by atoms with Crippen LogP contribution in [0.2, 0.25) is 5.02 Å². The van der Waals surface area contributed by atoms with Crippen LogP contribution in [0.3, 0.4) is 0 Å². The van der Waals surface area contributed by atoms with Crippen LogP contribution < -0.4 is 5.32 Å². The highest BCUT2D eigenvalue weighted by Gasteiger charge is 2.49. The molecule has 0 amide bonds. The molecule has 1 N–H and O–H groups in total. The largest absolute Gasteiger partial charge is 0.369 e. The lowest BCUT2D eigenvalue weighted by atomic mass is 9.78. The van der Waals surface area contributed by atoms with E-state index in [4.69, 9.17) is 16.3 Å². The first kappa shape index (κ1) is 15.8. The molecular formula is C17H26ClNO. The van der Waals surface area contributed by atoms with Gasteiger partial charge in [-0.15, -0.1) is 0 Å². The van der Waals surface area contributed by atoms with Gasteiger partial charge in [-0.2, -0.15) is 0 Å². The summed E-state index contributed by atoms with van der Waals surface area (Å²) in [4.78, 5) is 0. The molecule has 0 saturated carbocycles. The van der Waals surface area contributed by atoms with Crippen LogP contribution in [0.1, 0.15) is 51.3 Å². The zero-order chi connectivity index (χ0) is 15.1. The number of rotatable bonds is 3. The van der Waals surface area contributed by atoms with E-state index in [1.807, 2.05) is 7.05 Å². The predicted octanol–water partition coefficient (Wildman–Crippen LogP) is 4.50. The van der Waals surface area contributed by atoms with E-state index in [0.717, 1.165) is 17.0 Å². The fraction of sp³-hybridized carbons (Fsp3) is 0.647. The summed E-state index contributed by atoms with van der Waals surface area (Å²) in [6.45, 7) is 10.7. The lowest BCUT2D eigenvalue weighted by molar-refractivity contribution is -0.0776. The van der Waals surface area contributed by atoms with Crippen molar-refractivity contribution in [1.29, 1.82) is 0 Å². The highest BCUT2D eigenvalue weighted by atomic mass is 35.5. The number of hydrogen-bond donors (Lipinski definition) is 1. The van der Waals surface area contributed by atoms with Gasteiger partial charge in [-0.05, 0) is 59.2 Å². The Balaban J connectivity index is 2.40. The maximum atomic E-state index is 6.53. The molecule has 1 aliphatic heterocycles. The second kappa shape index (κ2) is 5.32. The third-order valence-electron chi connectivity index (χ3n) is 4.41. The fourth-order valence-corrected chi connectivity index (χ4v) is 3.85. The molecule has 0 aromatic heterocycles. The van der Waals surface area contributed by atoms with Crippen molar-refractivity contribution < 1.29 is 4.74 Å². The number of hydrogen-bond acceptors (Lipinski definition) is 2. The van der Waals surface area contributed by atoms with Crippen molar-refractivity contribution in [3.05, 3.63) is 34.3 Å². The molecule has 1 fully saturated rings. The first-order chi connectivity index (χ1) is 9.18.